The molecule has 0 radical (unpaired) electrons. The van der Waals surface area contributed by atoms with Gasteiger partial charge in [0.2, 0.25) is 0 Å². The first kappa shape index (κ1) is 22.6. The quantitative estimate of drug-likeness (QED) is 0.310. The zero-order valence-corrected chi connectivity index (χ0v) is 20.0. The number of hydrogen-bond acceptors (Lipinski definition) is 4. The largest absolute Gasteiger partial charge is 0.384 e. The number of unbranched alkanes of at least 4 members (excludes halogenated alkanes) is 1. The van der Waals surface area contributed by atoms with Gasteiger partial charge in [0.1, 0.15) is 16.9 Å². The molecule has 0 bridgehead atoms. The first-order chi connectivity index (χ1) is 17.1. The average Bonchev–Trinajstić information content (AvgIpc) is 3.17. The van der Waals surface area contributed by atoms with Gasteiger partial charge in [-0.2, -0.15) is 0 Å². The van der Waals surface area contributed by atoms with Crippen LogP contribution in [0.2, 0.25) is 0 Å². The van der Waals surface area contributed by atoms with Crippen LogP contribution in [0.4, 0.5) is 5.82 Å². The SMILES string of the molecule is CCCCc1ccc(-n2c(N)c(C(=O)N[C@H](C)c3ccccc3)c3nc4ccccc4nc32)cc1. The molecule has 0 unspecified atom stereocenters. The number of benzene rings is 3. The van der Waals surface area contributed by atoms with E-state index in [0.29, 0.717) is 22.5 Å². The van der Waals surface area contributed by atoms with Crippen LogP contribution < -0.4 is 11.1 Å². The van der Waals surface area contributed by atoms with Gasteiger partial charge >= 0.3 is 0 Å². The van der Waals surface area contributed by atoms with Crippen molar-refractivity contribution in [1.29, 1.82) is 0 Å². The van der Waals surface area contributed by atoms with Gasteiger partial charge in [0.15, 0.2) is 5.65 Å². The molecule has 6 heteroatoms. The van der Waals surface area contributed by atoms with Gasteiger partial charge in [-0.05, 0) is 55.2 Å². The summed E-state index contributed by atoms with van der Waals surface area (Å²) in [6.07, 6.45) is 3.34. The third kappa shape index (κ3) is 4.35. The average molecular weight is 464 g/mol. The number of nitrogens with two attached hydrogens (primary N) is 1. The molecule has 3 N–H and O–H groups in total. The molecule has 5 rings (SSSR count). The number of amides is 1. The zero-order valence-electron chi connectivity index (χ0n) is 20.0. The number of carbonyl (C=O) groups excluding carboxylic acids is 1. The number of fused-ring (bicyclic) bond motifs is 2. The maximum absolute atomic E-state index is 13.5. The lowest BCUT2D eigenvalue weighted by Gasteiger charge is -2.14. The van der Waals surface area contributed by atoms with Crippen molar-refractivity contribution in [3.8, 4) is 5.69 Å². The predicted octanol–water partition coefficient (Wildman–Crippen LogP) is 5.99. The third-order valence-corrected chi connectivity index (χ3v) is 6.39. The highest BCUT2D eigenvalue weighted by molar-refractivity contribution is 6.11. The van der Waals surface area contributed by atoms with Crippen LogP contribution in [-0.4, -0.2) is 20.4 Å². The highest BCUT2D eigenvalue weighted by Crippen LogP contribution is 2.31. The Hall–Kier alpha value is -4.19. The maximum Gasteiger partial charge on any atom is 0.257 e. The molecule has 1 atom stereocenters. The fourth-order valence-corrected chi connectivity index (χ4v) is 4.43. The maximum atomic E-state index is 13.5. The first-order valence-corrected chi connectivity index (χ1v) is 12.1. The molecule has 0 aliphatic rings. The van der Waals surface area contributed by atoms with Crippen molar-refractivity contribution < 1.29 is 4.79 Å². The van der Waals surface area contributed by atoms with E-state index in [4.69, 9.17) is 15.7 Å². The van der Waals surface area contributed by atoms with Crippen molar-refractivity contribution in [3.05, 3.63) is 95.6 Å². The number of rotatable bonds is 7. The van der Waals surface area contributed by atoms with E-state index in [1.807, 2.05) is 78.2 Å². The fraction of sp³-hybridized carbons (Fsp3) is 0.207. The standard InChI is InChI=1S/C29H29N5O/c1-3-4-10-20-15-17-22(18-16-20)34-27(30)25(29(35)31-19(2)21-11-6-5-7-12-21)26-28(34)33-24-14-9-8-13-23(24)32-26/h5-9,11-19H,3-4,10,30H2,1-2H3,(H,31,35)/t19-/m1/s1. The van der Waals surface area contributed by atoms with Crippen molar-refractivity contribution in [3.63, 3.8) is 0 Å². The van der Waals surface area contributed by atoms with E-state index >= 15 is 0 Å². The highest BCUT2D eigenvalue weighted by Gasteiger charge is 2.26. The molecule has 35 heavy (non-hydrogen) atoms. The second kappa shape index (κ2) is 9.58. The molecule has 0 fully saturated rings. The van der Waals surface area contributed by atoms with E-state index in [-0.39, 0.29) is 11.9 Å². The lowest BCUT2D eigenvalue weighted by atomic mass is 10.1. The minimum absolute atomic E-state index is 0.187. The predicted molar refractivity (Wildman–Crippen MR) is 142 cm³/mol. The first-order valence-electron chi connectivity index (χ1n) is 12.1. The van der Waals surface area contributed by atoms with Gasteiger partial charge < -0.3 is 11.1 Å². The van der Waals surface area contributed by atoms with Crippen LogP contribution in [0.25, 0.3) is 27.9 Å². The van der Waals surface area contributed by atoms with Crippen molar-refractivity contribution in [2.75, 3.05) is 5.73 Å². The molecule has 1 amide bonds. The van der Waals surface area contributed by atoms with E-state index in [1.54, 1.807) is 0 Å². The molecule has 2 heterocycles. The van der Waals surface area contributed by atoms with Crippen LogP contribution in [0.15, 0.2) is 78.9 Å². The molecule has 3 aromatic carbocycles. The van der Waals surface area contributed by atoms with Gasteiger partial charge in [0.25, 0.3) is 5.91 Å². The molecule has 0 saturated heterocycles. The topological polar surface area (TPSA) is 85.8 Å². The molecular weight excluding hydrogens is 434 g/mol. The summed E-state index contributed by atoms with van der Waals surface area (Å²) in [4.78, 5) is 23.2. The van der Waals surface area contributed by atoms with E-state index in [0.717, 1.165) is 41.5 Å². The van der Waals surface area contributed by atoms with Crippen LogP contribution in [0.5, 0.6) is 0 Å². The molecule has 176 valence electrons. The van der Waals surface area contributed by atoms with Crippen LogP contribution in [0, 0.1) is 0 Å². The summed E-state index contributed by atoms with van der Waals surface area (Å²) in [7, 11) is 0. The molecular formula is C29H29N5O. The number of nitrogen functional groups attached to an aromatic ring is 1. The van der Waals surface area contributed by atoms with E-state index in [1.165, 1.54) is 5.56 Å². The number of nitrogens with one attached hydrogen (secondary N) is 1. The molecule has 0 spiro atoms. The molecule has 0 aliphatic carbocycles. The van der Waals surface area contributed by atoms with Gasteiger partial charge in [-0.15, -0.1) is 0 Å². The number of carbonyl (C=O) groups is 1. The summed E-state index contributed by atoms with van der Waals surface area (Å²) in [5, 5.41) is 3.09. The van der Waals surface area contributed by atoms with Crippen molar-refractivity contribution in [2.45, 2.75) is 39.2 Å². The molecule has 6 nitrogen and oxygen atoms in total. The lowest BCUT2D eigenvalue weighted by Crippen LogP contribution is -2.27. The smallest absolute Gasteiger partial charge is 0.257 e. The third-order valence-electron chi connectivity index (χ3n) is 6.39. The second-order valence-electron chi connectivity index (χ2n) is 8.86. The number of aromatic nitrogens is 3. The number of nitrogens with zero attached hydrogens (tertiary/aromatic N) is 3. The van der Waals surface area contributed by atoms with E-state index in [2.05, 4.69) is 24.4 Å². The van der Waals surface area contributed by atoms with Gasteiger partial charge in [-0.3, -0.25) is 9.36 Å². The molecule has 0 saturated carbocycles. The van der Waals surface area contributed by atoms with Crippen molar-refractivity contribution >= 4 is 33.9 Å². The Morgan fingerprint density at radius 1 is 0.943 bits per heavy atom. The lowest BCUT2D eigenvalue weighted by molar-refractivity contribution is 0.0942. The zero-order chi connectivity index (χ0) is 24.4. The Kier molecular flexibility index (Phi) is 6.19. The minimum Gasteiger partial charge on any atom is -0.384 e. The Morgan fingerprint density at radius 2 is 1.60 bits per heavy atom. The number of hydrogen-bond donors (Lipinski definition) is 2. The Labute approximate surface area is 204 Å². The van der Waals surface area contributed by atoms with Crippen LogP contribution in [0.3, 0.4) is 0 Å². The summed E-state index contributed by atoms with van der Waals surface area (Å²) in [6.45, 7) is 4.15. The van der Waals surface area contributed by atoms with Crippen molar-refractivity contribution in [1.82, 2.24) is 19.9 Å². The Bertz CT molecular complexity index is 1490. The van der Waals surface area contributed by atoms with Gasteiger partial charge in [0, 0.05) is 5.69 Å². The fourth-order valence-electron chi connectivity index (χ4n) is 4.43. The number of aryl methyl sites for hydroxylation is 1. The summed E-state index contributed by atoms with van der Waals surface area (Å²) in [5.74, 6) is 0.0566. The summed E-state index contributed by atoms with van der Waals surface area (Å²) in [5.41, 5.74) is 12.7. The Morgan fingerprint density at radius 3 is 2.29 bits per heavy atom. The summed E-state index contributed by atoms with van der Waals surface area (Å²) in [6, 6.07) is 25.6. The van der Waals surface area contributed by atoms with Gasteiger partial charge in [-0.1, -0.05) is 67.9 Å². The Balaban J connectivity index is 1.62. The van der Waals surface area contributed by atoms with E-state index in [9.17, 15) is 4.79 Å². The van der Waals surface area contributed by atoms with Gasteiger partial charge in [0.05, 0.1) is 17.1 Å². The number of anilines is 1. The normalized spacial score (nSPS) is 12.2. The van der Waals surface area contributed by atoms with Crippen LogP contribution in [-0.2, 0) is 6.42 Å². The molecule has 0 aliphatic heterocycles. The summed E-state index contributed by atoms with van der Waals surface area (Å²) >= 11 is 0. The molecule has 2 aromatic heterocycles. The van der Waals surface area contributed by atoms with E-state index < -0.39 is 0 Å². The van der Waals surface area contributed by atoms with Gasteiger partial charge in [-0.25, -0.2) is 9.97 Å². The van der Waals surface area contributed by atoms with Crippen molar-refractivity contribution in [2.24, 2.45) is 0 Å². The van der Waals surface area contributed by atoms with Crippen LogP contribution >= 0.6 is 0 Å². The van der Waals surface area contributed by atoms with Crippen LogP contribution in [0.1, 0.15) is 54.2 Å². The monoisotopic (exact) mass is 463 g/mol. The molecule has 5 aromatic rings. The minimum atomic E-state index is -0.272. The highest BCUT2D eigenvalue weighted by atomic mass is 16.1. The second-order valence-corrected chi connectivity index (χ2v) is 8.86. The summed E-state index contributed by atoms with van der Waals surface area (Å²) < 4.78 is 1.83. The number of para-hydroxylation sites is 2.